The first-order valence-electron chi connectivity index (χ1n) is 4.02. The van der Waals surface area contributed by atoms with E-state index in [0.29, 0.717) is 18.6 Å². The summed E-state index contributed by atoms with van der Waals surface area (Å²) in [4.78, 5) is 0. The van der Waals surface area contributed by atoms with Crippen LogP contribution in [0.5, 0.6) is 0 Å². The van der Waals surface area contributed by atoms with Gasteiger partial charge in [-0.25, -0.2) is 0 Å². The number of hydrogen-bond acceptors (Lipinski definition) is 5. The molecule has 1 heterocycles. The third kappa shape index (κ3) is 1.56. The molecule has 0 aliphatic heterocycles. The summed E-state index contributed by atoms with van der Waals surface area (Å²) in [6.45, 7) is 0.314. The highest BCUT2D eigenvalue weighted by atomic mass is 32.1. The van der Waals surface area contributed by atoms with Crippen LogP contribution in [0.25, 0.3) is 0 Å². The van der Waals surface area contributed by atoms with Crippen LogP contribution in [0.3, 0.4) is 0 Å². The number of aromatic nitrogens is 2. The first kappa shape index (κ1) is 7.94. The van der Waals surface area contributed by atoms with Crippen LogP contribution < -0.4 is 5.32 Å². The van der Waals surface area contributed by atoms with Gasteiger partial charge in [-0.05, 0) is 18.8 Å². The molecule has 0 radical (unpaired) electrons. The Balaban J connectivity index is 1.77. The average molecular weight is 185 g/mol. The molecule has 0 spiro atoms. The van der Waals surface area contributed by atoms with E-state index in [9.17, 15) is 0 Å². The van der Waals surface area contributed by atoms with E-state index in [2.05, 4.69) is 15.5 Å². The van der Waals surface area contributed by atoms with Crippen LogP contribution >= 0.6 is 11.3 Å². The molecule has 0 atom stereocenters. The Morgan fingerprint density at radius 3 is 3.08 bits per heavy atom. The standard InChI is InChI=1S/C7H11N3OS/c11-3-5-1-6(2-5)9-7-10-8-4-12-7/h4-6,11H,1-3H2,(H,9,10). The van der Waals surface area contributed by atoms with Gasteiger partial charge in [0, 0.05) is 12.6 Å². The quantitative estimate of drug-likeness (QED) is 0.728. The lowest BCUT2D eigenvalue weighted by Gasteiger charge is -2.34. The molecule has 0 amide bonds. The van der Waals surface area contributed by atoms with E-state index in [-0.39, 0.29) is 0 Å². The van der Waals surface area contributed by atoms with E-state index in [4.69, 9.17) is 5.11 Å². The van der Waals surface area contributed by atoms with Gasteiger partial charge in [0.2, 0.25) is 5.13 Å². The van der Waals surface area contributed by atoms with Crippen molar-refractivity contribution in [2.24, 2.45) is 5.92 Å². The van der Waals surface area contributed by atoms with E-state index in [1.54, 1.807) is 5.51 Å². The van der Waals surface area contributed by atoms with Crippen LogP contribution in [-0.2, 0) is 0 Å². The Kier molecular flexibility index (Phi) is 2.23. The van der Waals surface area contributed by atoms with Crippen molar-refractivity contribution in [1.29, 1.82) is 0 Å². The lowest BCUT2D eigenvalue weighted by atomic mass is 9.81. The van der Waals surface area contributed by atoms with Gasteiger partial charge in [0.25, 0.3) is 0 Å². The number of anilines is 1. The minimum absolute atomic E-state index is 0.314. The second-order valence-corrected chi connectivity index (χ2v) is 3.94. The van der Waals surface area contributed by atoms with Crippen LogP contribution in [0.4, 0.5) is 5.13 Å². The molecule has 1 aromatic heterocycles. The lowest BCUT2D eigenvalue weighted by molar-refractivity contribution is 0.151. The Bertz CT molecular complexity index is 233. The van der Waals surface area contributed by atoms with Crippen LogP contribution in [0.1, 0.15) is 12.8 Å². The Hall–Kier alpha value is -0.680. The van der Waals surface area contributed by atoms with Crippen molar-refractivity contribution in [2.75, 3.05) is 11.9 Å². The zero-order valence-electron chi connectivity index (χ0n) is 6.60. The second-order valence-electron chi connectivity index (χ2n) is 3.11. The second kappa shape index (κ2) is 3.37. The maximum Gasteiger partial charge on any atom is 0.205 e. The maximum absolute atomic E-state index is 8.78. The smallest absolute Gasteiger partial charge is 0.205 e. The molecule has 0 bridgehead atoms. The largest absolute Gasteiger partial charge is 0.396 e. The molecule has 1 aliphatic carbocycles. The minimum atomic E-state index is 0.314. The molecule has 1 fully saturated rings. The van der Waals surface area contributed by atoms with Crippen molar-refractivity contribution in [1.82, 2.24) is 10.2 Å². The lowest BCUT2D eigenvalue weighted by Crippen LogP contribution is -2.37. The van der Waals surface area contributed by atoms with Gasteiger partial charge >= 0.3 is 0 Å². The van der Waals surface area contributed by atoms with E-state index in [0.717, 1.165) is 18.0 Å². The monoisotopic (exact) mass is 185 g/mol. The van der Waals surface area contributed by atoms with Gasteiger partial charge in [-0.1, -0.05) is 11.3 Å². The summed E-state index contributed by atoms with van der Waals surface area (Å²) in [6, 6.07) is 0.495. The van der Waals surface area contributed by atoms with Crippen molar-refractivity contribution in [3.05, 3.63) is 5.51 Å². The molecule has 1 saturated carbocycles. The van der Waals surface area contributed by atoms with E-state index < -0.39 is 0 Å². The molecular weight excluding hydrogens is 174 g/mol. The highest BCUT2D eigenvalue weighted by molar-refractivity contribution is 7.13. The van der Waals surface area contributed by atoms with Gasteiger partial charge in [-0.2, -0.15) is 0 Å². The van der Waals surface area contributed by atoms with Gasteiger partial charge in [0.15, 0.2) is 0 Å². The van der Waals surface area contributed by atoms with Crippen LogP contribution in [0, 0.1) is 5.92 Å². The zero-order chi connectivity index (χ0) is 8.39. The van der Waals surface area contributed by atoms with Crippen molar-refractivity contribution in [3.8, 4) is 0 Å². The van der Waals surface area contributed by atoms with Crippen LogP contribution in [0.15, 0.2) is 5.51 Å². The van der Waals surface area contributed by atoms with Gasteiger partial charge in [-0.15, -0.1) is 10.2 Å². The molecule has 0 unspecified atom stereocenters. The maximum atomic E-state index is 8.78. The molecule has 1 aliphatic rings. The summed E-state index contributed by atoms with van der Waals surface area (Å²) >= 11 is 1.51. The molecule has 12 heavy (non-hydrogen) atoms. The fourth-order valence-corrected chi connectivity index (χ4v) is 1.94. The summed E-state index contributed by atoms with van der Waals surface area (Å²) in [7, 11) is 0. The van der Waals surface area contributed by atoms with Crippen molar-refractivity contribution in [2.45, 2.75) is 18.9 Å². The number of nitrogens with one attached hydrogen (secondary N) is 1. The highest BCUT2D eigenvalue weighted by Crippen LogP contribution is 2.29. The molecular formula is C7H11N3OS. The Morgan fingerprint density at radius 2 is 2.50 bits per heavy atom. The number of aliphatic hydroxyl groups is 1. The van der Waals surface area contributed by atoms with E-state index >= 15 is 0 Å². The van der Waals surface area contributed by atoms with Crippen molar-refractivity contribution < 1.29 is 5.11 Å². The molecule has 1 aromatic rings. The summed E-state index contributed by atoms with van der Waals surface area (Å²) in [5.74, 6) is 0.496. The topological polar surface area (TPSA) is 58.0 Å². The minimum Gasteiger partial charge on any atom is -0.396 e. The first-order chi connectivity index (χ1) is 5.88. The molecule has 0 saturated heterocycles. The van der Waals surface area contributed by atoms with Gasteiger partial charge in [0.05, 0.1) is 0 Å². The van der Waals surface area contributed by atoms with E-state index in [1.807, 2.05) is 0 Å². The zero-order valence-corrected chi connectivity index (χ0v) is 7.42. The fraction of sp³-hybridized carbons (Fsp3) is 0.714. The first-order valence-corrected chi connectivity index (χ1v) is 4.90. The molecule has 4 nitrogen and oxygen atoms in total. The van der Waals surface area contributed by atoms with Gasteiger partial charge < -0.3 is 10.4 Å². The molecule has 5 heteroatoms. The van der Waals surface area contributed by atoms with Crippen LogP contribution in [-0.4, -0.2) is 28.0 Å². The number of rotatable bonds is 3. The number of nitrogens with zero attached hydrogens (tertiary/aromatic N) is 2. The molecule has 66 valence electrons. The third-order valence-corrected chi connectivity index (χ3v) is 2.80. The van der Waals surface area contributed by atoms with Gasteiger partial charge in [-0.3, -0.25) is 0 Å². The highest BCUT2D eigenvalue weighted by Gasteiger charge is 2.28. The summed E-state index contributed by atoms with van der Waals surface area (Å²) in [5.41, 5.74) is 1.71. The van der Waals surface area contributed by atoms with Crippen molar-refractivity contribution in [3.63, 3.8) is 0 Å². The predicted molar refractivity (Wildman–Crippen MR) is 47.1 cm³/mol. The summed E-state index contributed by atoms with van der Waals surface area (Å²) in [5, 5.41) is 20.5. The van der Waals surface area contributed by atoms with E-state index in [1.165, 1.54) is 11.3 Å². The molecule has 0 aromatic carbocycles. The third-order valence-electron chi connectivity index (χ3n) is 2.18. The Labute approximate surface area is 74.6 Å². The predicted octanol–water partition coefficient (Wildman–Crippen LogP) is 0.721. The number of aliphatic hydroxyl groups excluding tert-OH is 1. The number of hydrogen-bond donors (Lipinski definition) is 2. The van der Waals surface area contributed by atoms with Crippen LogP contribution in [0.2, 0.25) is 0 Å². The molecule has 2 N–H and O–H groups in total. The average Bonchev–Trinajstić information content (AvgIpc) is 2.47. The Morgan fingerprint density at radius 1 is 1.67 bits per heavy atom. The van der Waals surface area contributed by atoms with Gasteiger partial charge in [0.1, 0.15) is 5.51 Å². The summed E-state index contributed by atoms with van der Waals surface area (Å²) < 4.78 is 0. The normalized spacial score (nSPS) is 28.1. The SMILES string of the molecule is OCC1CC(Nc2nncs2)C1. The molecule has 2 rings (SSSR count). The summed E-state index contributed by atoms with van der Waals surface area (Å²) in [6.07, 6.45) is 2.10. The fourth-order valence-electron chi connectivity index (χ4n) is 1.41. The van der Waals surface area contributed by atoms with Crippen molar-refractivity contribution >= 4 is 16.5 Å².